The Morgan fingerprint density at radius 2 is 2.00 bits per heavy atom. The number of aromatic nitrogens is 3. The van der Waals surface area contributed by atoms with Gasteiger partial charge in [-0.15, -0.1) is 16.4 Å². The topological polar surface area (TPSA) is 117 Å². The number of benzene rings is 1. The van der Waals surface area contributed by atoms with Crippen molar-refractivity contribution < 1.29 is 28.5 Å². The van der Waals surface area contributed by atoms with Gasteiger partial charge in [0.15, 0.2) is 11.5 Å². The molecule has 11 nitrogen and oxygen atoms in total. The first-order valence-electron chi connectivity index (χ1n) is 12.0. The second-order valence-electron chi connectivity index (χ2n) is 8.91. The summed E-state index contributed by atoms with van der Waals surface area (Å²) in [5, 5.41) is 13.6. The Balaban J connectivity index is 1.26. The molecule has 6 rings (SSSR count). The van der Waals surface area contributed by atoms with Crippen molar-refractivity contribution in [3.05, 3.63) is 50.9 Å². The largest absolute Gasteiger partial charge is 0.492 e. The summed E-state index contributed by atoms with van der Waals surface area (Å²) in [6.45, 7) is 2.61. The number of amides is 2. The molecule has 1 N–H and O–H groups in total. The van der Waals surface area contributed by atoms with Gasteiger partial charge in [-0.2, -0.15) is 0 Å². The number of halogens is 1. The SMILES string of the molecule is O=C1N[C@H]2CN(C(=O)c3scc4c3OCCO4)C[C@@H]2OCc2cn(nn2)CCCOc2cc1ccc2Cl. The van der Waals surface area contributed by atoms with E-state index in [2.05, 4.69) is 15.6 Å². The van der Waals surface area contributed by atoms with Gasteiger partial charge in [-0.1, -0.05) is 16.8 Å². The van der Waals surface area contributed by atoms with E-state index in [0.29, 0.717) is 77.7 Å². The maximum absolute atomic E-state index is 13.4. The molecular weight excluding hydrogens is 522 g/mol. The summed E-state index contributed by atoms with van der Waals surface area (Å²) in [5.74, 6) is 0.986. The van der Waals surface area contributed by atoms with Crippen molar-refractivity contribution in [2.45, 2.75) is 31.7 Å². The highest BCUT2D eigenvalue weighted by atomic mass is 35.5. The summed E-state index contributed by atoms with van der Waals surface area (Å²) in [4.78, 5) is 28.8. The van der Waals surface area contributed by atoms with Crippen molar-refractivity contribution in [2.75, 3.05) is 32.9 Å². The van der Waals surface area contributed by atoms with Gasteiger partial charge in [0.1, 0.15) is 29.5 Å². The first-order chi connectivity index (χ1) is 18.0. The number of hydrogen-bond donors (Lipinski definition) is 1. The van der Waals surface area contributed by atoms with Crippen LogP contribution in [-0.2, 0) is 17.9 Å². The summed E-state index contributed by atoms with van der Waals surface area (Å²) in [6.07, 6.45) is 2.04. The monoisotopic (exact) mass is 545 g/mol. The van der Waals surface area contributed by atoms with E-state index in [4.69, 9.17) is 30.5 Å². The Labute approximate surface area is 221 Å². The van der Waals surface area contributed by atoms with E-state index < -0.39 is 12.1 Å². The average Bonchev–Trinajstić information content (AvgIpc) is 3.64. The lowest BCUT2D eigenvalue weighted by atomic mass is 10.1. The molecule has 5 heterocycles. The van der Waals surface area contributed by atoms with Crippen molar-refractivity contribution in [2.24, 2.45) is 0 Å². The minimum atomic E-state index is -0.457. The minimum absolute atomic E-state index is 0.193. The third kappa shape index (κ3) is 4.96. The van der Waals surface area contributed by atoms with Gasteiger partial charge in [-0.05, 0) is 18.2 Å². The highest BCUT2D eigenvalue weighted by molar-refractivity contribution is 7.12. The van der Waals surface area contributed by atoms with E-state index in [1.807, 2.05) is 6.20 Å². The van der Waals surface area contributed by atoms with Crippen molar-refractivity contribution in [3.63, 3.8) is 0 Å². The number of aryl methyl sites for hydroxylation is 1. The average molecular weight is 546 g/mol. The van der Waals surface area contributed by atoms with Gasteiger partial charge in [0.05, 0.1) is 36.6 Å². The maximum atomic E-state index is 13.4. The van der Waals surface area contributed by atoms with Gasteiger partial charge in [-0.25, -0.2) is 0 Å². The molecule has 1 fully saturated rings. The minimum Gasteiger partial charge on any atom is -0.492 e. The predicted octanol–water partition coefficient (Wildman–Crippen LogP) is 2.39. The van der Waals surface area contributed by atoms with E-state index in [9.17, 15) is 9.59 Å². The third-order valence-electron chi connectivity index (χ3n) is 6.38. The van der Waals surface area contributed by atoms with Crippen LogP contribution < -0.4 is 19.5 Å². The summed E-state index contributed by atoms with van der Waals surface area (Å²) in [7, 11) is 0. The molecule has 0 saturated carbocycles. The lowest BCUT2D eigenvalue weighted by Gasteiger charge is -2.20. The smallest absolute Gasteiger partial charge is 0.268 e. The second-order valence-corrected chi connectivity index (χ2v) is 10.2. The fraction of sp³-hybridized carbons (Fsp3) is 0.417. The molecule has 4 bridgehead atoms. The number of thiophene rings is 1. The predicted molar refractivity (Wildman–Crippen MR) is 133 cm³/mol. The maximum Gasteiger partial charge on any atom is 0.268 e. The van der Waals surface area contributed by atoms with E-state index in [1.54, 1.807) is 33.2 Å². The molecule has 3 aliphatic heterocycles. The zero-order chi connectivity index (χ0) is 25.4. The van der Waals surface area contributed by atoms with Crippen molar-refractivity contribution >= 4 is 34.8 Å². The number of carbonyl (C=O) groups is 2. The van der Waals surface area contributed by atoms with Crippen LogP contribution in [0.15, 0.2) is 29.8 Å². The lowest BCUT2D eigenvalue weighted by molar-refractivity contribution is 0.0291. The Morgan fingerprint density at radius 3 is 2.92 bits per heavy atom. The highest BCUT2D eigenvalue weighted by Crippen LogP contribution is 2.40. The second kappa shape index (κ2) is 10.2. The number of nitrogens with one attached hydrogen (secondary N) is 1. The van der Waals surface area contributed by atoms with Gasteiger partial charge in [0, 0.05) is 37.0 Å². The normalized spacial score (nSPS) is 21.6. The van der Waals surface area contributed by atoms with Gasteiger partial charge in [-0.3, -0.25) is 14.3 Å². The lowest BCUT2D eigenvalue weighted by Crippen LogP contribution is -2.44. The van der Waals surface area contributed by atoms with Gasteiger partial charge >= 0.3 is 0 Å². The number of nitrogens with zero attached hydrogens (tertiary/aromatic N) is 4. The molecule has 1 saturated heterocycles. The van der Waals surface area contributed by atoms with Crippen LogP contribution in [0.25, 0.3) is 0 Å². The quantitative estimate of drug-likeness (QED) is 0.495. The Kier molecular flexibility index (Phi) is 6.61. The van der Waals surface area contributed by atoms with E-state index >= 15 is 0 Å². The summed E-state index contributed by atoms with van der Waals surface area (Å²) >= 11 is 7.57. The first kappa shape index (κ1) is 24.0. The molecule has 194 valence electrons. The molecule has 0 spiro atoms. The third-order valence-corrected chi connectivity index (χ3v) is 7.62. The number of hydrogen-bond acceptors (Lipinski definition) is 9. The van der Waals surface area contributed by atoms with Gasteiger partial charge in [0.2, 0.25) is 0 Å². The van der Waals surface area contributed by atoms with Crippen LogP contribution in [0.4, 0.5) is 0 Å². The molecule has 2 atom stereocenters. The van der Waals surface area contributed by atoms with Crippen LogP contribution in [0.2, 0.25) is 5.02 Å². The molecule has 1 aromatic carbocycles. The van der Waals surface area contributed by atoms with E-state index in [-0.39, 0.29) is 25.0 Å². The Hall–Kier alpha value is -3.35. The van der Waals surface area contributed by atoms with Crippen LogP contribution in [-0.4, -0.2) is 76.8 Å². The molecule has 37 heavy (non-hydrogen) atoms. The Morgan fingerprint density at radius 1 is 1.14 bits per heavy atom. The molecular formula is C24H24ClN5O6S. The molecule has 3 aliphatic rings. The van der Waals surface area contributed by atoms with E-state index in [1.165, 1.54) is 11.3 Å². The van der Waals surface area contributed by atoms with Crippen LogP contribution in [0.3, 0.4) is 0 Å². The first-order valence-corrected chi connectivity index (χ1v) is 13.2. The number of fused-ring (bicyclic) bond motifs is 6. The number of carbonyl (C=O) groups excluding carboxylic acids is 2. The van der Waals surface area contributed by atoms with Gasteiger partial charge < -0.3 is 29.2 Å². The molecule has 2 amide bonds. The molecule has 0 radical (unpaired) electrons. The molecule has 0 aliphatic carbocycles. The fourth-order valence-corrected chi connectivity index (χ4v) is 5.59. The molecule has 0 unspecified atom stereocenters. The molecule has 2 aromatic heterocycles. The van der Waals surface area contributed by atoms with E-state index in [0.717, 1.165) is 0 Å². The van der Waals surface area contributed by atoms with Crippen LogP contribution in [0.1, 0.15) is 32.1 Å². The van der Waals surface area contributed by atoms with Crippen LogP contribution in [0, 0.1) is 0 Å². The Bertz CT molecular complexity index is 1330. The summed E-state index contributed by atoms with van der Waals surface area (Å²) in [6, 6.07) is 4.46. The molecule has 3 aromatic rings. The van der Waals surface area contributed by atoms with Crippen molar-refractivity contribution in [1.29, 1.82) is 0 Å². The van der Waals surface area contributed by atoms with Crippen LogP contribution in [0.5, 0.6) is 17.2 Å². The standard InChI is InChI=1S/C24H24ClN5O6S/c25-16-3-2-14-8-18(16)33-5-1-4-30-9-15(27-28-30)12-36-19-11-29(10-17(19)26-23(14)31)24(32)22-21-20(13-37-22)34-6-7-35-21/h2-3,8-9,13,17,19H,1,4-7,10-12H2,(H,26,31)/t17-,19-/m0/s1. The number of rotatable bonds is 1. The number of likely N-dealkylation sites (tertiary alicyclic amines) is 1. The van der Waals surface area contributed by atoms with Crippen LogP contribution >= 0.6 is 22.9 Å². The zero-order valence-corrected chi connectivity index (χ0v) is 21.3. The highest BCUT2D eigenvalue weighted by Gasteiger charge is 2.39. The van der Waals surface area contributed by atoms with Gasteiger partial charge in [0.25, 0.3) is 11.8 Å². The number of ether oxygens (including phenoxy) is 4. The van der Waals surface area contributed by atoms with Crippen molar-refractivity contribution in [3.8, 4) is 17.2 Å². The zero-order valence-electron chi connectivity index (χ0n) is 19.7. The van der Waals surface area contributed by atoms with Crippen molar-refractivity contribution in [1.82, 2.24) is 25.2 Å². The summed E-state index contributed by atoms with van der Waals surface area (Å²) in [5.41, 5.74) is 1.07. The summed E-state index contributed by atoms with van der Waals surface area (Å²) < 4.78 is 25.0. The molecule has 13 heteroatoms. The fourth-order valence-electron chi connectivity index (χ4n) is 4.52.